The Labute approximate surface area is 120 Å². The molecule has 1 amide bonds. The molecule has 0 aliphatic rings. The summed E-state index contributed by atoms with van der Waals surface area (Å²) >= 11 is 11.4. The Bertz CT molecular complexity index is 599. The number of carbonyl (C=O) groups excluding carboxylic acids is 1. The van der Waals surface area contributed by atoms with Gasteiger partial charge in [0.1, 0.15) is 5.82 Å². The average Bonchev–Trinajstić information content (AvgIpc) is 2.43. The number of rotatable bonds is 3. The van der Waals surface area contributed by atoms with Crippen molar-refractivity contribution in [3.63, 3.8) is 0 Å². The van der Waals surface area contributed by atoms with Gasteiger partial charge in [-0.3, -0.25) is 4.79 Å². The van der Waals surface area contributed by atoms with Gasteiger partial charge in [0.15, 0.2) is 0 Å². The molecule has 0 radical (unpaired) electrons. The highest BCUT2D eigenvalue weighted by atomic mass is 35.5. The molecule has 2 aromatic carbocycles. The fraction of sp³-hybridized carbons (Fsp3) is 0.0714. The van der Waals surface area contributed by atoms with Crippen LogP contribution < -0.4 is 5.32 Å². The van der Waals surface area contributed by atoms with Gasteiger partial charge in [0.05, 0.1) is 5.69 Å². The Kier molecular flexibility index (Phi) is 4.40. The van der Waals surface area contributed by atoms with E-state index in [4.69, 9.17) is 23.2 Å². The number of halogens is 3. The van der Waals surface area contributed by atoms with Crippen LogP contribution in [0, 0.1) is 5.82 Å². The van der Waals surface area contributed by atoms with Gasteiger partial charge in [-0.15, -0.1) is 11.6 Å². The largest absolute Gasteiger partial charge is 0.319 e. The first-order valence-electron chi connectivity index (χ1n) is 5.51. The van der Waals surface area contributed by atoms with Gasteiger partial charge in [0.2, 0.25) is 0 Å². The highest BCUT2D eigenvalue weighted by Gasteiger charge is 2.09. The second kappa shape index (κ2) is 6.04. The molecule has 0 heterocycles. The van der Waals surface area contributed by atoms with Crippen LogP contribution >= 0.6 is 23.2 Å². The van der Waals surface area contributed by atoms with Crippen molar-refractivity contribution in [3.05, 3.63) is 64.4 Å². The summed E-state index contributed by atoms with van der Waals surface area (Å²) in [5, 5.41) is 2.83. The molecule has 0 aliphatic heterocycles. The van der Waals surface area contributed by atoms with Gasteiger partial charge in [-0.05, 0) is 35.9 Å². The van der Waals surface area contributed by atoms with Gasteiger partial charge in [-0.25, -0.2) is 4.39 Å². The quantitative estimate of drug-likeness (QED) is 0.832. The third-order valence-electron chi connectivity index (χ3n) is 2.55. The topological polar surface area (TPSA) is 29.1 Å². The first-order valence-corrected chi connectivity index (χ1v) is 6.42. The van der Waals surface area contributed by atoms with Crippen molar-refractivity contribution in [2.75, 3.05) is 5.32 Å². The van der Waals surface area contributed by atoms with E-state index in [0.717, 1.165) is 5.56 Å². The molecule has 2 rings (SSSR count). The molecule has 0 fully saturated rings. The summed E-state index contributed by atoms with van der Waals surface area (Å²) < 4.78 is 13.5. The monoisotopic (exact) mass is 297 g/mol. The van der Waals surface area contributed by atoms with Crippen molar-refractivity contribution in [3.8, 4) is 0 Å². The number of hydrogen-bond acceptors (Lipinski definition) is 1. The molecule has 0 spiro atoms. The van der Waals surface area contributed by atoms with Gasteiger partial charge in [0, 0.05) is 16.5 Å². The minimum atomic E-state index is -0.532. The van der Waals surface area contributed by atoms with Crippen LogP contribution in [0.2, 0.25) is 5.02 Å². The molecule has 0 atom stereocenters. The van der Waals surface area contributed by atoms with Crippen molar-refractivity contribution in [2.24, 2.45) is 0 Å². The number of benzene rings is 2. The van der Waals surface area contributed by atoms with E-state index in [2.05, 4.69) is 5.32 Å². The third-order valence-corrected chi connectivity index (χ3v) is 3.09. The summed E-state index contributed by atoms with van der Waals surface area (Å²) in [5.41, 5.74) is 1.39. The SMILES string of the molecule is O=C(Nc1cc(Cl)ccc1F)c1ccc(CCl)cc1. The molecule has 5 heteroatoms. The molecule has 1 N–H and O–H groups in total. The van der Waals surface area contributed by atoms with Crippen LogP contribution in [-0.2, 0) is 5.88 Å². The van der Waals surface area contributed by atoms with Crippen molar-refractivity contribution in [1.29, 1.82) is 0 Å². The first kappa shape index (κ1) is 13.8. The van der Waals surface area contributed by atoms with Crippen molar-refractivity contribution in [1.82, 2.24) is 0 Å². The normalized spacial score (nSPS) is 10.3. The molecular formula is C14H10Cl2FNO. The zero-order valence-corrected chi connectivity index (χ0v) is 11.3. The Morgan fingerprint density at radius 3 is 2.47 bits per heavy atom. The van der Waals surface area contributed by atoms with E-state index in [1.807, 2.05) is 0 Å². The highest BCUT2D eigenvalue weighted by molar-refractivity contribution is 6.31. The lowest BCUT2D eigenvalue weighted by atomic mass is 10.1. The molecule has 2 nitrogen and oxygen atoms in total. The van der Waals surface area contributed by atoms with E-state index in [9.17, 15) is 9.18 Å². The molecule has 0 aromatic heterocycles. The van der Waals surface area contributed by atoms with Gasteiger partial charge in [-0.2, -0.15) is 0 Å². The second-order valence-electron chi connectivity index (χ2n) is 3.91. The van der Waals surface area contributed by atoms with Crippen molar-refractivity contribution in [2.45, 2.75) is 5.88 Å². The van der Waals surface area contributed by atoms with E-state index in [1.54, 1.807) is 24.3 Å². The lowest BCUT2D eigenvalue weighted by molar-refractivity contribution is 0.102. The van der Waals surface area contributed by atoms with E-state index in [-0.39, 0.29) is 5.69 Å². The Balaban J connectivity index is 2.18. The van der Waals surface area contributed by atoms with Crippen LogP contribution in [0.3, 0.4) is 0 Å². The van der Waals surface area contributed by atoms with Gasteiger partial charge in [0.25, 0.3) is 5.91 Å². The van der Waals surface area contributed by atoms with Crippen molar-refractivity contribution >= 4 is 34.8 Å². The van der Waals surface area contributed by atoms with E-state index >= 15 is 0 Å². The molecule has 0 saturated carbocycles. The lowest BCUT2D eigenvalue weighted by Crippen LogP contribution is -2.12. The number of hydrogen-bond donors (Lipinski definition) is 1. The van der Waals surface area contributed by atoms with Crippen LogP contribution in [0.25, 0.3) is 0 Å². The van der Waals surface area contributed by atoms with Gasteiger partial charge in [-0.1, -0.05) is 23.7 Å². The second-order valence-corrected chi connectivity index (χ2v) is 4.61. The molecule has 19 heavy (non-hydrogen) atoms. The Morgan fingerprint density at radius 1 is 1.16 bits per heavy atom. The molecule has 0 unspecified atom stereocenters. The maximum atomic E-state index is 13.5. The van der Waals surface area contributed by atoms with Crippen LogP contribution in [0.5, 0.6) is 0 Å². The van der Waals surface area contributed by atoms with Crippen LogP contribution in [0.4, 0.5) is 10.1 Å². The maximum absolute atomic E-state index is 13.5. The molecule has 0 saturated heterocycles. The lowest BCUT2D eigenvalue weighted by Gasteiger charge is -2.07. The maximum Gasteiger partial charge on any atom is 0.255 e. The van der Waals surface area contributed by atoms with Crippen LogP contribution in [0.1, 0.15) is 15.9 Å². The minimum Gasteiger partial charge on any atom is -0.319 e. The highest BCUT2D eigenvalue weighted by Crippen LogP contribution is 2.20. The van der Waals surface area contributed by atoms with Crippen LogP contribution in [-0.4, -0.2) is 5.91 Å². The third kappa shape index (κ3) is 3.46. The van der Waals surface area contributed by atoms with E-state index in [0.29, 0.717) is 16.5 Å². The summed E-state index contributed by atoms with van der Waals surface area (Å²) in [7, 11) is 0. The number of nitrogens with one attached hydrogen (secondary N) is 1. The minimum absolute atomic E-state index is 0.0546. The predicted molar refractivity (Wildman–Crippen MR) is 75.4 cm³/mol. The molecule has 2 aromatic rings. The van der Waals surface area contributed by atoms with Gasteiger partial charge < -0.3 is 5.32 Å². The molecule has 0 bridgehead atoms. The molecule has 0 aliphatic carbocycles. The van der Waals surface area contributed by atoms with E-state index in [1.165, 1.54) is 18.2 Å². The number of carbonyl (C=O) groups is 1. The van der Waals surface area contributed by atoms with Crippen molar-refractivity contribution < 1.29 is 9.18 Å². The summed E-state index contributed by atoms with van der Waals surface area (Å²) in [6, 6.07) is 10.7. The summed E-state index contributed by atoms with van der Waals surface area (Å²) in [6.07, 6.45) is 0. The molecule has 98 valence electrons. The number of anilines is 1. The summed E-state index contributed by atoms with van der Waals surface area (Å²) in [6.45, 7) is 0. The summed E-state index contributed by atoms with van der Waals surface area (Å²) in [4.78, 5) is 11.9. The smallest absolute Gasteiger partial charge is 0.255 e. The Morgan fingerprint density at radius 2 is 1.84 bits per heavy atom. The van der Waals surface area contributed by atoms with Gasteiger partial charge >= 0.3 is 0 Å². The average molecular weight is 298 g/mol. The Hall–Kier alpha value is -1.58. The fourth-order valence-electron chi connectivity index (χ4n) is 1.53. The summed E-state index contributed by atoms with van der Waals surface area (Å²) in [5.74, 6) is -0.553. The zero-order valence-electron chi connectivity index (χ0n) is 9.79. The first-order chi connectivity index (χ1) is 9.10. The fourth-order valence-corrected chi connectivity index (χ4v) is 1.88. The number of alkyl halides is 1. The number of amides is 1. The molecular weight excluding hydrogens is 288 g/mol. The standard InChI is InChI=1S/C14H10Cl2FNO/c15-8-9-1-3-10(4-2-9)14(19)18-13-7-11(16)5-6-12(13)17/h1-7H,8H2,(H,18,19). The van der Waals surface area contributed by atoms with Crippen LogP contribution in [0.15, 0.2) is 42.5 Å². The zero-order chi connectivity index (χ0) is 13.8. The van der Waals surface area contributed by atoms with E-state index < -0.39 is 11.7 Å². The predicted octanol–water partition coefficient (Wildman–Crippen LogP) is 4.47.